The van der Waals surface area contributed by atoms with Crippen LogP contribution in [0.3, 0.4) is 0 Å². The number of anilines is 1. The number of likely N-dealkylation sites (tertiary alicyclic amines) is 1. The van der Waals surface area contributed by atoms with E-state index in [1.54, 1.807) is 35.0 Å². The highest BCUT2D eigenvalue weighted by Gasteiger charge is 2.50. The number of rotatable bonds is 4. The summed E-state index contributed by atoms with van der Waals surface area (Å²) in [4.78, 5) is 4.88. The molecule has 1 atom stereocenters. The summed E-state index contributed by atoms with van der Waals surface area (Å²) < 4.78 is 42.5. The highest BCUT2D eigenvalue weighted by atomic mass is 32.1. The number of hydrogen-bond donors (Lipinski definition) is 0. The van der Waals surface area contributed by atoms with Crippen LogP contribution in [0.1, 0.15) is 43.6 Å². The Morgan fingerprint density at radius 3 is 2.57 bits per heavy atom. The standard InChI is InChI=1S/C21H25F3N4OS/c22-21(23,24)29-18-4-2-1-3-17(18)15-6-9-27(10-7-15)16-5-8-20(11-16)12-28(13-20)19-26-25-14-30-19/h1-4,14-16H,5-13H2. The van der Waals surface area contributed by atoms with Crippen molar-refractivity contribution in [2.45, 2.75) is 50.4 Å². The van der Waals surface area contributed by atoms with Crippen LogP contribution in [0.2, 0.25) is 0 Å². The first-order valence-corrected chi connectivity index (χ1v) is 11.4. The lowest BCUT2D eigenvalue weighted by Crippen LogP contribution is -2.56. The van der Waals surface area contributed by atoms with Crippen molar-refractivity contribution in [3.8, 4) is 5.75 Å². The van der Waals surface area contributed by atoms with Crippen molar-refractivity contribution in [3.63, 3.8) is 0 Å². The van der Waals surface area contributed by atoms with Gasteiger partial charge in [0.1, 0.15) is 11.3 Å². The minimum Gasteiger partial charge on any atom is -0.405 e. The number of nitrogens with zero attached hydrogens (tertiary/aromatic N) is 4. The molecular weight excluding hydrogens is 413 g/mol. The van der Waals surface area contributed by atoms with Crippen LogP contribution in [0.4, 0.5) is 18.3 Å². The summed E-state index contributed by atoms with van der Waals surface area (Å²) in [6, 6.07) is 7.19. The first-order valence-electron chi connectivity index (χ1n) is 10.5. The fourth-order valence-corrected chi connectivity index (χ4v) is 6.15. The fraction of sp³-hybridized carbons (Fsp3) is 0.619. The number of benzene rings is 1. The zero-order valence-corrected chi connectivity index (χ0v) is 17.5. The van der Waals surface area contributed by atoms with E-state index < -0.39 is 6.36 Å². The van der Waals surface area contributed by atoms with Gasteiger partial charge in [-0.3, -0.25) is 0 Å². The number of hydrogen-bond acceptors (Lipinski definition) is 6. The summed E-state index contributed by atoms with van der Waals surface area (Å²) in [6.07, 6.45) is 0.760. The summed E-state index contributed by atoms with van der Waals surface area (Å²) in [5, 5.41) is 9.12. The molecule has 3 heterocycles. The summed E-state index contributed by atoms with van der Waals surface area (Å²) in [6.45, 7) is 4.01. The lowest BCUT2D eigenvalue weighted by Gasteiger charge is -2.48. The van der Waals surface area contributed by atoms with Gasteiger partial charge in [0.05, 0.1) is 0 Å². The molecule has 0 amide bonds. The third-order valence-electron chi connectivity index (χ3n) is 6.98. The maximum atomic E-state index is 12.7. The molecule has 162 valence electrons. The molecule has 0 N–H and O–H groups in total. The number of halogens is 3. The van der Waals surface area contributed by atoms with Crippen LogP contribution in [0.5, 0.6) is 5.75 Å². The quantitative estimate of drug-likeness (QED) is 0.694. The first-order chi connectivity index (χ1) is 14.4. The normalized spacial score (nSPS) is 24.9. The van der Waals surface area contributed by atoms with Gasteiger partial charge < -0.3 is 14.5 Å². The number of piperidine rings is 1. The topological polar surface area (TPSA) is 41.5 Å². The van der Waals surface area contributed by atoms with Crippen molar-refractivity contribution >= 4 is 16.5 Å². The van der Waals surface area contributed by atoms with E-state index in [0.717, 1.165) is 44.2 Å². The molecule has 30 heavy (non-hydrogen) atoms. The molecule has 2 aromatic rings. The number of ether oxygens (including phenoxy) is 1. The summed E-state index contributed by atoms with van der Waals surface area (Å²) in [5.41, 5.74) is 2.87. The zero-order valence-electron chi connectivity index (χ0n) is 16.6. The predicted octanol–water partition coefficient (Wildman–Crippen LogP) is 4.68. The van der Waals surface area contributed by atoms with Crippen molar-refractivity contribution in [1.29, 1.82) is 0 Å². The third-order valence-corrected chi connectivity index (χ3v) is 7.73. The summed E-state index contributed by atoms with van der Waals surface area (Å²) in [5.74, 6) is 0.0706. The second kappa shape index (κ2) is 7.67. The average molecular weight is 439 g/mol. The fourth-order valence-electron chi connectivity index (χ4n) is 5.59. The van der Waals surface area contributed by atoms with E-state index in [2.05, 4.69) is 24.7 Å². The third kappa shape index (κ3) is 4.01. The molecule has 1 unspecified atom stereocenters. The van der Waals surface area contributed by atoms with Crippen LogP contribution in [-0.2, 0) is 0 Å². The Labute approximate surface area is 177 Å². The van der Waals surface area contributed by atoms with E-state index in [-0.39, 0.29) is 11.7 Å². The van der Waals surface area contributed by atoms with Crippen LogP contribution in [0, 0.1) is 5.41 Å². The van der Waals surface area contributed by atoms with Gasteiger partial charge in [0.2, 0.25) is 5.13 Å². The van der Waals surface area contributed by atoms with Crippen LogP contribution < -0.4 is 9.64 Å². The molecule has 0 bridgehead atoms. The second-order valence-corrected chi connectivity index (χ2v) is 9.68. The Kier molecular flexibility index (Phi) is 5.13. The van der Waals surface area contributed by atoms with Crippen LogP contribution in [0.25, 0.3) is 0 Å². The molecule has 3 fully saturated rings. The second-order valence-electron chi connectivity index (χ2n) is 8.87. The van der Waals surface area contributed by atoms with Gasteiger partial charge in [-0.15, -0.1) is 23.4 Å². The van der Waals surface area contributed by atoms with Crippen LogP contribution >= 0.6 is 11.3 Å². The first kappa shape index (κ1) is 20.1. The van der Waals surface area contributed by atoms with Gasteiger partial charge in [-0.25, -0.2) is 0 Å². The van der Waals surface area contributed by atoms with Crippen LogP contribution in [0.15, 0.2) is 29.8 Å². The van der Waals surface area contributed by atoms with Crippen molar-refractivity contribution < 1.29 is 17.9 Å². The molecule has 1 saturated carbocycles. The van der Waals surface area contributed by atoms with Gasteiger partial charge in [-0.05, 0) is 62.7 Å². The number of para-hydroxylation sites is 1. The molecule has 2 saturated heterocycles. The van der Waals surface area contributed by atoms with Gasteiger partial charge >= 0.3 is 6.36 Å². The van der Waals surface area contributed by atoms with Gasteiger partial charge in [0, 0.05) is 24.5 Å². The minimum absolute atomic E-state index is 0.0468. The van der Waals surface area contributed by atoms with E-state index >= 15 is 0 Å². The minimum atomic E-state index is -4.65. The molecule has 9 heteroatoms. The van der Waals surface area contributed by atoms with Gasteiger partial charge in [-0.2, -0.15) is 0 Å². The van der Waals surface area contributed by atoms with Gasteiger partial charge in [0.25, 0.3) is 0 Å². The molecule has 0 radical (unpaired) electrons. The Hall–Kier alpha value is -1.87. The lowest BCUT2D eigenvalue weighted by atomic mass is 9.78. The van der Waals surface area contributed by atoms with Crippen molar-refractivity contribution in [3.05, 3.63) is 35.3 Å². The Balaban J connectivity index is 1.16. The molecule has 1 aliphatic carbocycles. The molecule has 3 aliphatic rings. The van der Waals surface area contributed by atoms with E-state index in [0.29, 0.717) is 17.0 Å². The lowest BCUT2D eigenvalue weighted by molar-refractivity contribution is -0.275. The highest BCUT2D eigenvalue weighted by Crippen LogP contribution is 2.49. The molecule has 1 spiro atoms. The smallest absolute Gasteiger partial charge is 0.405 e. The zero-order chi connectivity index (χ0) is 20.8. The van der Waals surface area contributed by atoms with E-state index in [4.69, 9.17) is 0 Å². The maximum absolute atomic E-state index is 12.7. The van der Waals surface area contributed by atoms with Crippen molar-refractivity contribution in [2.75, 3.05) is 31.1 Å². The predicted molar refractivity (Wildman–Crippen MR) is 109 cm³/mol. The van der Waals surface area contributed by atoms with E-state index in [1.165, 1.54) is 25.3 Å². The maximum Gasteiger partial charge on any atom is 0.573 e. The molecule has 1 aromatic carbocycles. The SMILES string of the molecule is FC(F)(F)Oc1ccccc1C1CCN(C2CCC3(C2)CN(c2nncs2)C3)CC1. The molecule has 5 rings (SSSR count). The highest BCUT2D eigenvalue weighted by molar-refractivity contribution is 7.13. The van der Waals surface area contributed by atoms with Crippen molar-refractivity contribution in [1.82, 2.24) is 15.1 Å². The Bertz CT molecular complexity index is 861. The summed E-state index contributed by atoms with van der Waals surface area (Å²) >= 11 is 1.59. The number of alkyl halides is 3. The Morgan fingerprint density at radius 2 is 1.87 bits per heavy atom. The van der Waals surface area contributed by atoms with E-state index in [1.807, 2.05) is 0 Å². The van der Waals surface area contributed by atoms with E-state index in [9.17, 15) is 13.2 Å². The average Bonchev–Trinajstić information content (AvgIpc) is 3.36. The van der Waals surface area contributed by atoms with Crippen molar-refractivity contribution in [2.24, 2.45) is 5.41 Å². The molecule has 1 aromatic heterocycles. The summed E-state index contributed by atoms with van der Waals surface area (Å²) in [7, 11) is 0. The molecule has 2 aliphatic heterocycles. The number of aromatic nitrogens is 2. The van der Waals surface area contributed by atoms with Crippen LogP contribution in [-0.4, -0.2) is 53.7 Å². The largest absolute Gasteiger partial charge is 0.573 e. The van der Waals surface area contributed by atoms with Gasteiger partial charge in [0.15, 0.2) is 0 Å². The molecular formula is C21H25F3N4OS. The van der Waals surface area contributed by atoms with Gasteiger partial charge in [-0.1, -0.05) is 29.5 Å². The monoisotopic (exact) mass is 438 g/mol. The molecule has 5 nitrogen and oxygen atoms in total. The Morgan fingerprint density at radius 1 is 1.10 bits per heavy atom.